The van der Waals surface area contributed by atoms with Gasteiger partial charge in [-0.2, -0.15) is 0 Å². The maximum atomic E-state index is 6.15. The standard InChI is InChI=1S/C17H26N2/c1-3-14(2)17(18)16-9-7-15(8-10-16)13-19-11-5-4-6-12-19/h7-10H,3-6,11-13,18H2,1-2H3/b17-14+. The van der Waals surface area contributed by atoms with Crippen molar-refractivity contribution in [3.05, 3.63) is 41.0 Å². The number of nitrogens with zero attached hydrogens (tertiary/aromatic N) is 1. The van der Waals surface area contributed by atoms with E-state index in [0.717, 1.165) is 24.2 Å². The van der Waals surface area contributed by atoms with Crippen LogP contribution in [0, 0.1) is 0 Å². The van der Waals surface area contributed by atoms with Crippen LogP contribution in [-0.4, -0.2) is 18.0 Å². The Morgan fingerprint density at radius 2 is 1.74 bits per heavy atom. The lowest BCUT2D eigenvalue weighted by molar-refractivity contribution is 0.221. The Kier molecular flexibility index (Phi) is 5.03. The molecule has 0 aromatic heterocycles. The number of piperidine rings is 1. The van der Waals surface area contributed by atoms with Gasteiger partial charge in [-0.05, 0) is 50.4 Å². The summed E-state index contributed by atoms with van der Waals surface area (Å²) in [6.45, 7) is 7.83. The Balaban J connectivity index is 2.02. The van der Waals surface area contributed by atoms with Crippen molar-refractivity contribution in [3.63, 3.8) is 0 Å². The van der Waals surface area contributed by atoms with Crippen molar-refractivity contribution in [1.29, 1.82) is 0 Å². The lowest BCUT2D eigenvalue weighted by atomic mass is 10.0. The molecule has 2 rings (SSSR count). The second-order valence-electron chi connectivity index (χ2n) is 5.58. The normalized spacial score (nSPS) is 18.2. The van der Waals surface area contributed by atoms with E-state index in [9.17, 15) is 0 Å². The molecular weight excluding hydrogens is 232 g/mol. The number of benzene rings is 1. The molecule has 1 aliphatic rings. The van der Waals surface area contributed by atoms with Crippen LogP contribution in [0.3, 0.4) is 0 Å². The van der Waals surface area contributed by atoms with E-state index in [2.05, 4.69) is 43.0 Å². The van der Waals surface area contributed by atoms with Crippen molar-refractivity contribution in [2.75, 3.05) is 13.1 Å². The van der Waals surface area contributed by atoms with Gasteiger partial charge in [0.1, 0.15) is 0 Å². The van der Waals surface area contributed by atoms with Gasteiger partial charge >= 0.3 is 0 Å². The first-order chi connectivity index (χ1) is 9.20. The molecule has 2 heteroatoms. The van der Waals surface area contributed by atoms with Crippen LogP contribution < -0.4 is 5.73 Å². The molecule has 104 valence electrons. The van der Waals surface area contributed by atoms with Crippen LogP contribution in [0.1, 0.15) is 50.7 Å². The summed E-state index contributed by atoms with van der Waals surface area (Å²) >= 11 is 0. The highest BCUT2D eigenvalue weighted by molar-refractivity contribution is 5.65. The van der Waals surface area contributed by atoms with Crippen molar-refractivity contribution in [1.82, 2.24) is 4.90 Å². The Morgan fingerprint density at radius 3 is 2.32 bits per heavy atom. The van der Waals surface area contributed by atoms with Crippen LogP contribution in [0.4, 0.5) is 0 Å². The first-order valence-corrected chi connectivity index (χ1v) is 7.47. The van der Waals surface area contributed by atoms with Gasteiger partial charge in [-0.15, -0.1) is 0 Å². The second kappa shape index (κ2) is 6.76. The highest BCUT2D eigenvalue weighted by atomic mass is 15.1. The molecule has 0 radical (unpaired) electrons. The molecule has 19 heavy (non-hydrogen) atoms. The van der Waals surface area contributed by atoms with E-state index < -0.39 is 0 Å². The summed E-state index contributed by atoms with van der Waals surface area (Å²) in [6.07, 6.45) is 5.11. The van der Waals surface area contributed by atoms with Gasteiger partial charge < -0.3 is 5.73 Å². The average Bonchev–Trinajstić information content (AvgIpc) is 2.47. The van der Waals surface area contributed by atoms with Gasteiger partial charge in [0.25, 0.3) is 0 Å². The predicted molar refractivity (Wildman–Crippen MR) is 82.6 cm³/mol. The van der Waals surface area contributed by atoms with Gasteiger partial charge in [0.15, 0.2) is 0 Å². The molecule has 1 aliphatic heterocycles. The summed E-state index contributed by atoms with van der Waals surface area (Å²) in [5.74, 6) is 0. The number of allylic oxidation sites excluding steroid dienone is 1. The Hall–Kier alpha value is -1.28. The smallest absolute Gasteiger partial charge is 0.0376 e. The lowest BCUT2D eigenvalue weighted by Crippen LogP contribution is -2.29. The van der Waals surface area contributed by atoms with Gasteiger partial charge in [-0.25, -0.2) is 0 Å². The van der Waals surface area contributed by atoms with E-state index in [4.69, 9.17) is 5.73 Å². The first-order valence-electron chi connectivity index (χ1n) is 7.47. The third-order valence-electron chi connectivity index (χ3n) is 4.11. The molecule has 0 aliphatic carbocycles. The second-order valence-corrected chi connectivity index (χ2v) is 5.58. The van der Waals surface area contributed by atoms with Crippen LogP contribution in [0.2, 0.25) is 0 Å². The lowest BCUT2D eigenvalue weighted by Gasteiger charge is -2.26. The maximum Gasteiger partial charge on any atom is 0.0376 e. The number of hydrogen-bond donors (Lipinski definition) is 1. The summed E-state index contributed by atoms with van der Waals surface area (Å²) in [5, 5.41) is 0. The fourth-order valence-electron chi connectivity index (χ4n) is 2.60. The molecule has 2 N–H and O–H groups in total. The minimum atomic E-state index is 0.937. The van der Waals surface area contributed by atoms with E-state index in [1.165, 1.54) is 43.5 Å². The quantitative estimate of drug-likeness (QED) is 0.890. The SMILES string of the molecule is CC/C(C)=C(/N)c1ccc(CN2CCCCC2)cc1. The van der Waals surface area contributed by atoms with Crippen LogP contribution in [0.5, 0.6) is 0 Å². The molecule has 1 saturated heterocycles. The van der Waals surface area contributed by atoms with Crippen LogP contribution in [0.15, 0.2) is 29.8 Å². The van der Waals surface area contributed by atoms with Crippen molar-refractivity contribution in [3.8, 4) is 0 Å². The molecule has 1 aromatic carbocycles. The molecule has 0 atom stereocenters. The third-order valence-corrected chi connectivity index (χ3v) is 4.11. The number of hydrogen-bond acceptors (Lipinski definition) is 2. The molecular formula is C17H26N2. The molecule has 1 aromatic rings. The van der Waals surface area contributed by atoms with E-state index in [1.807, 2.05) is 0 Å². The monoisotopic (exact) mass is 258 g/mol. The maximum absolute atomic E-state index is 6.15. The topological polar surface area (TPSA) is 29.3 Å². The average molecular weight is 258 g/mol. The largest absolute Gasteiger partial charge is 0.398 e. The zero-order valence-corrected chi connectivity index (χ0v) is 12.3. The van der Waals surface area contributed by atoms with Gasteiger partial charge in [0.2, 0.25) is 0 Å². The zero-order valence-electron chi connectivity index (χ0n) is 12.3. The highest BCUT2D eigenvalue weighted by Gasteiger charge is 2.10. The molecule has 0 unspecified atom stereocenters. The number of nitrogens with two attached hydrogens (primary N) is 1. The molecule has 0 bridgehead atoms. The molecule has 0 amide bonds. The Morgan fingerprint density at radius 1 is 1.11 bits per heavy atom. The summed E-state index contributed by atoms with van der Waals surface area (Å²) < 4.78 is 0. The third kappa shape index (κ3) is 3.84. The number of likely N-dealkylation sites (tertiary alicyclic amines) is 1. The van der Waals surface area contributed by atoms with E-state index in [1.54, 1.807) is 0 Å². The number of rotatable bonds is 4. The van der Waals surface area contributed by atoms with Gasteiger partial charge in [0.05, 0.1) is 0 Å². The van der Waals surface area contributed by atoms with Crippen molar-refractivity contribution < 1.29 is 0 Å². The fraction of sp³-hybridized carbons (Fsp3) is 0.529. The summed E-state index contributed by atoms with van der Waals surface area (Å²) in [5.41, 5.74) is 10.9. The van der Waals surface area contributed by atoms with Gasteiger partial charge in [0, 0.05) is 12.2 Å². The van der Waals surface area contributed by atoms with Gasteiger partial charge in [-0.3, -0.25) is 4.90 Å². The highest BCUT2D eigenvalue weighted by Crippen LogP contribution is 2.18. The minimum Gasteiger partial charge on any atom is -0.398 e. The van der Waals surface area contributed by atoms with Crippen LogP contribution in [-0.2, 0) is 6.54 Å². The van der Waals surface area contributed by atoms with Gasteiger partial charge in [-0.1, -0.05) is 43.2 Å². The minimum absolute atomic E-state index is 0.937. The zero-order chi connectivity index (χ0) is 13.7. The predicted octanol–water partition coefficient (Wildman–Crippen LogP) is 3.77. The van der Waals surface area contributed by atoms with E-state index in [0.29, 0.717) is 0 Å². The summed E-state index contributed by atoms with van der Waals surface area (Å²) in [7, 11) is 0. The van der Waals surface area contributed by atoms with Crippen molar-refractivity contribution >= 4 is 5.70 Å². The molecule has 1 fully saturated rings. The van der Waals surface area contributed by atoms with Crippen molar-refractivity contribution in [2.24, 2.45) is 5.73 Å². The summed E-state index contributed by atoms with van der Waals surface area (Å²) in [4.78, 5) is 2.55. The van der Waals surface area contributed by atoms with Crippen molar-refractivity contribution in [2.45, 2.75) is 46.1 Å². The van der Waals surface area contributed by atoms with E-state index in [-0.39, 0.29) is 0 Å². The molecule has 1 heterocycles. The molecule has 0 spiro atoms. The first kappa shape index (κ1) is 14.1. The Bertz CT molecular complexity index is 425. The molecule has 0 saturated carbocycles. The van der Waals surface area contributed by atoms with Crippen LogP contribution >= 0.6 is 0 Å². The fourth-order valence-corrected chi connectivity index (χ4v) is 2.60. The van der Waals surface area contributed by atoms with E-state index >= 15 is 0 Å². The Labute approximate surface area is 117 Å². The molecule has 2 nitrogen and oxygen atoms in total. The van der Waals surface area contributed by atoms with Crippen LogP contribution in [0.25, 0.3) is 5.70 Å². The summed E-state index contributed by atoms with van der Waals surface area (Å²) in [6, 6.07) is 8.76.